The van der Waals surface area contributed by atoms with Crippen LogP contribution in [0.2, 0.25) is 0 Å². The summed E-state index contributed by atoms with van der Waals surface area (Å²) >= 11 is 0. The van der Waals surface area contributed by atoms with Crippen molar-refractivity contribution >= 4 is 0 Å². The molecule has 0 heterocycles. The molecule has 0 saturated heterocycles. The van der Waals surface area contributed by atoms with Crippen LogP contribution in [0.4, 0.5) is 0 Å². The molecule has 0 aromatic heterocycles. The zero-order valence-corrected chi connectivity index (χ0v) is 12.7. The average Bonchev–Trinajstić information content (AvgIpc) is 2.56. The number of hydrogen-bond acceptors (Lipinski definition) is 4. The molecule has 2 atom stereocenters. The van der Waals surface area contributed by atoms with Crippen LogP contribution in [0.5, 0.6) is 5.75 Å². The summed E-state index contributed by atoms with van der Waals surface area (Å²) in [6, 6.07) is 15.9. The van der Waals surface area contributed by atoms with Crippen LogP contribution >= 0.6 is 0 Å². The number of benzene rings is 2. The number of aliphatic hydroxyl groups is 2. The molecule has 0 aliphatic rings. The van der Waals surface area contributed by atoms with Crippen molar-refractivity contribution in [3.63, 3.8) is 0 Å². The molecule has 2 aromatic carbocycles. The summed E-state index contributed by atoms with van der Waals surface area (Å²) in [6.45, 7) is 2.21. The largest absolute Gasteiger partial charge is 0.508 e. The molecular weight excluding hydrogens is 278 g/mol. The van der Waals surface area contributed by atoms with Crippen molar-refractivity contribution in [3.05, 3.63) is 65.2 Å². The Morgan fingerprint density at radius 2 is 2.05 bits per heavy atom. The lowest BCUT2D eigenvalue weighted by molar-refractivity contribution is 0.169. The third-order valence-corrected chi connectivity index (χ3v) is 3.73. The van der Waals surface area contributed by atoms with E-state index in [0.717, 1.165) is 12.0 Å². The minimum atomic E-state index is -0.705. The Morgan fingerprint density at radius 1 is 1.23 bits per heavy atom. The number of nitrogens with one attached hydrogen (secondary N) is 1. The monoisotopic (exact) mass is 300 g/mol. The van der Waals surface area contributed by atoms with Crippen LogP contribution in [0.1, 0.15) is 42.2 Å². The average molecular weight is 300 g/mol. The Labute approximate surface area is 131 Å². The number of hydrogen-bond donors (Lipinski definition) is 4. The van der Waals surface area contributed by atoms with Gasteiger partial charge in [-0.1, -0.05) is 37.3 Å². The molecule has 0 aliphatic carbocycles. The minimum absolute atomic E-state index is 0.0386. The number of aliphatic hydroxyl groups excluding tert-OH is 2. The molecule has 0 spiro atoms. The van der Waals surface area contributed by atoms with E-state index in [9.17, 15) is 10.2 Å². The molecular formula is C18H22NO3. The van der Waals surface area contributed by atoms with E-state index in [1.54, 1.807) is 12.1 Å². The van der Waals surface area contributed by atoms with Crippen LogP contribution in [-0.4, -0.2) is 21.9 Å². The molecule has 2 unspecified atom stereocenters. The Kier molecular flexibility index (Phi) is 5.95. The van der Waals surface area contributed by atoms with E-state index in [2.05, 4.69) is 18.3 Å². The summed E-state index contributed by atoms with van der Waals surface area (Å²) in [5, 5.41) is 32.3. The molecule has 2 rings (SSSR count). The number of phenols is 1. The Bertz CT molecular complexity index is 586. The molecule has 0 fully saturated rings. The molecule has 1 radical (unpaired) electrons. The van der Waals surface area contributed by atoms with Crippen molar-refractivity contribution in [2.45, 2.75) is 32.1 Å². The zero-order chi connectivity index (χ0) is 15.9. The maximum atomic E-state index is 10.3. The molecule has 0 amide bonds. The lowest BCUT2D eigenvalue weighted by atomic mass is 10.0. The van der Waals surface area contributed by atoms with Crippen LogP contribution < -0.4 is 5.32 Å². The van der Waals surface area contributed by atoms with Gasteiger partial charge < -0.3 is 20.6 Å². The molecule has 0 saturated carbocycles. The van der Waals surface area contributed by atoms with E-state index >= 15 is 0 Å². The molecule has 0 bridgehead atoms. The second-order valence-electron chi connectivity index (χ2n) is 5.25. The highest BCUT2D eigenvalue weighted by molar-refractivity contribution is 5.36. The van der Waals surface area contributed by atoms with E-state index in [-0.39, 0.29) is 18.4 Å². The molecule has 22 heavy (non-hydrogen) atoms. The number of rotatable bonds is 7. The Balaban J connectivity index is 2.01. The Morgan fingerprint density at radius 3 is 2.68 bits per heavy atom. The van der Waals surface area contributed by atoms with Gasteiger partial charge in [0.25, 0.3) is 0 Å². The highest BCUT2D eigenvalue weighted by Gasteiger charge is 2.14. The second kappa shape index (κ2) is 7.94. The lowest BCUT2D eigenvalue weighted by Gasteiger charge is -2.20. The third kappa shape index (κ3) is 4.07. The van der Waals surface area contributed by atoms with Gasteiger partial charge in [0, 0.05) is 18.2 Å². The topological polar surface area (TPSA) is 72.7 Å². The first kappa shape index (κ1) is 16.5. The predicted octanol–water partition coefficient (Wildman–Crippen LogP) is 2.46. The van der Waals surface area contributed by atoms with Gasteiger partial charge in [-0.2, -0.15) is 0 Å². The maximum Gasteiger partial charge on any atom is 0.121 e. The van der Waals surface area contributed by atoms with Gasteiger partial charge in [0.2, 0.25) is 0 Å². The van der Waals surface area contributed by atoms with Crippen molar-refractivity contribution in [1.82, 2.24) is 5.32 Å². The molecule has 2 aromatic rings. The highest BCUT2D eigenvalue weighted by atomic mass is 16.3. The maximum absolute atomic E-state index is 10.3. The first-order valence-corrected chi connectivity index (χ1v) is 7.46. The van der Waals surface area contributed by atoms with Gasteiger partial charge in [-0.15, -0.1) is 0 Å². The van der Waals surface area contributed by atoms with Crippen LogP contribution in [-0.2, 0) is 6.61 Å². The fraction of sp³-hybridized carbons (Fsp3) is 0.333. The lowest BCUT2D eigenvalue weighted by Crippen LogP contribution is -2.26. The standard InChI is InChI=1S/C18H22NO3/c1-2-16(13-6-4-3-5-7-13)19-11-18(22)14-8-9-17(21)15(10-14)12-20/h3-6,8-10,16,18-22H,2,11-12H2,1H3. The van der Waals surface area contributed by atoms with Crippen LogP contribution in [0.15, 0.2) is 42.5 Å². The van der Waals surface area contributed by atoms with E-state index in [4.69, 9.17) is 5.11 Å². The van der Waals surface area contributed by atoms with Gasteiger partial charge in [-0.25, -0.2) is 0 Å². The van der Waals surface area contributed by atoms with Crippen molar-refractivity contribution in [2.24, 2.45) is 0 Å². The van der Waals surface area contributed by atoms with Crippen molar-refractivity contribution in [1.29, 1.82) is 0 Å². The second-order valence-corrected chi connectivity index (χ2v) is 5.25. The normalized spacial score (nSPS) is 13.8. The summed E-state index contributed by atoms with van der Waals surface area (Å²) in [5.74, 6) is 0.0386. The summed E-state index contributed by atoms with van der Waals surface area (Å²) < 4.78 is 0. The van der Waals surface area contributed by atoms with Gasteiger partial charge in [0.15, 0.2) is 0 Å². The van der Waals surface area contributed by atoms with Crippen molar-refractivity contribution in [2.75, 3.05) is 6.54 Å². The quantitative estimate of drug-likeness (QED) is 0.634. The van der Waals surface area contributed by atoms with E-state index in [1.807, 2.05) is 24.3 Å². The molecule has 4 heteroatoms. The van der Waals surface area contributed by atoms with Gasteiger partial charge in [-0.3, -0.25) is 0 Å². The van der Waals surface area contributed by atoms with E-state index < -0.39 is 6.10 Å². The number of aromatic hydroxyl groups is 1. The van der Waals surface area contributed by atoms with Gasteiger partial charge in [0.1, 0.15) is 5.75 Å². The molecule has 0 aliphatic heterocycles. The summed E-state index contributed by atoms with van der Waals surface area (Å²) in [6.07, 6.45) is 0.189. The van der Waals surface area contributed by atoms with Crippen LogP contribution in [0.3, 0.4) is 0 Å². The van der Waals surface area contributed by atoms with Crippen molar-refractivity contribution in [3.8, 4) is 5.75 Å². The van der Waals surface area contributed by atoms with Gasteiger partial charge in [0.05, 0.1) is 12.7 Å². The third-order valence-electron chi connectivity index (χ3n) is 3.73. The molecule has 4 nitrogen and oxygen atoms in total. The van der Waals surface area contributed by atoms with Crippen LogP contribution in [0.25, 0.3) is 0 Å². The Hall–Kier alpha value is -1.88. The minimum Gasteiger partial charge on any atom is -0.508 e. The predicted molar refractivity (Wildman–Crippen MR) is 85.3 cm³/mol. The summed E-state index contributed by atoms with van der Waals surface area (Å²) in [4.78, 5) is 0. The fourth-order valence-electron chi connectivity index (χ4n) is 2.41. The zero-order valence-electron chi connectivity index (χ0n) is 12.7. The van der Waals surface area contributed by atoms with E-state index in [1.165, 1.54) is 6.07 Å². The smallest absolute Gasteiger partial charge is 0.121 e. The summed E-state index contributed by atoms with van der Waals surface area (Å²) in [5.41, 5.74) is 2.15. The molecule has 117 valence electrons. The van der Waals surface area contributed by atoms with Crippen LogP contribution in [0, 0.1) is 6.07 Å². The fourth-order valence-corrected chi connectivity index (χ4v) is 2.41. The first-order chi connectivity index (χ1) is 10.7. The first-order valence-electron chi connectivity index (χ1n) is 7.46. The SMILES string of the molecule is CCC(NCC(O)c1ccc(O)c(CO)c1)c1[c]cccc1. The highest BCUT2D eigenvalue weighted by Crippen LogP contribution is 2.23. The summed E-state index contributed by atoms with van der Waals surface area (Å²) in [7, 11) is 0. The molecule has 4 N–H and O–H groups in total. The van der Waals surface area contributed by atoms with Crippen molar-refractivity contribution < 1.29 is 15.3 Å². The van der Waals surface area contributed by atoms with Gasteiger partial charge >= 0.3 is 0 Å². The van der Waals surface area contributed by atoms with Gasteiger partial charge in [-0.05, 0) is 35.7 Å². The van der Waals surface area contributed by atoms with E-state index in [0.29, 0.717) is 17.7 Å².